The summed E-state index contributed by atoms with van der Waals surface area (Å²) in [5, 5.41) is 14.5. The van der Waals surface area contributed by atoms with Gasteiger partial charge >= 0.3 is 6.18 Å². The van der Waals surface area contributed by atoms with Gasteiger partial charge in [0.1, 0.15) is 17.6 Å². The summed E-state index contributed by atoms with van der Waals surface area (Å²) in [4.78, 5) is 3.43. The topological polar surface area (TPSA) is 60.7 Å². The van der Waals surface area contributed by atoms with E-state index >= 15 is 0 Å². The molecular formula is C11H13F3N4. The molecule has 0 aliphatic carbocycles. The third-order valence-corrected chi connectivity index (χ3v) is 2.15. The molecule has 2 N–H and O–H groups in total. The SMILES string of the molecule is CCNCCNc1nc(C(F)(F)F)ccc1C#N. The summed E-state index contributed by atoms with van der Waals surface area (Å²) in [5.74, 6) is -0.0368. The molecule has 0 saturated heterocycles. The molecule has 0 unspecified atom stereocenters. The van der Waals surface area contributed by atoms with Crippen LogP contribution in [-0.4, -0.2) is 24.6 Å². The van der Waals surface area contributed by atoms with Gasteiger partial charge < -0.3 is 10.6 Å². The summed E-state index contributed by atoms with van der Waals surface area (Å²) in [7, 11) is 0. The molecule has 0 atom stereocenters. The molecule has 1 aromatic rings. The molecule has 1 rings (SSSR count). The smallest absolute Gasteiger partial charge is 0.368 e. The number of nitrogens with zero attached hydrogens (tertiary/aromatic N) is 2. The van der Waals surface area contributed by atoms with Crippen LogP contribution in [0.25, 0.3) is 0 Å². The van der Waals surface area contributed by atoms with E-state index in [1.165, 1.54) is 0 Å². The molecule has 0 bridgehead atoms. The van der Waals surface area contributed by atoms with Crippen LogP contribution in [0.5, 0.6) is 0 Å². The number of nitriles is 1. The van der Waals surface area contributed by atoms with Crippen molar-refractivity contribution in [2.75, 3.05) is 25.0 Å². The van der Waals surface area contributed by atoms with Crippen molar-refractivity contribution < 1.29 is 13.2 Å². The Morgan fingerprint density at radius 3 is 2.61 bits per heavy atom. The number of nitrogens with one attached hydrogen (secondary N) is 2. The Morgan fingerprint density at radius 1 is 1.33 bits per heavy atom. The lowest BCUT2D eigenvalue weighted by Gasteiger charge is -2.11. The highest BCUT2D eigenvalue weighted by molar-refractivity contribution is 5.52. The van der Waals surface area contributed by atoms with Gasteiger partial charge in [0.15, 0.2) is 0 Å². The molecule has 98 valence electrons. The number of aromatic nitrogens is 1. The Hall–Kier alpha value is -1.81. The van der Waals surface area contributed by atoms with Crippen molar-refractivity contribution in [3.63, 3.8) is 0 Å². The van der Waals surface area contributed by atoms with Crippen LogP contribution < -0.4 is 10.6 Å². The molecular weight excluding hydrogens is 245 g/mol. The van der Waals surface area contributed by atoms with Crippen molar-refractivity contribution in [3.8, 4) is 6.07 Å². The van der Waals surface area contributed by atoms with Gasteiger partial charge in [-0.1, -0.05) is 6.92 Å². The first-order chi connectivity index (χ1) is 8.49. The number of rotatable bonds is 5. The van der Waals surface area contributed by atoms with Crippen molar-refractivity contribution in [1.29, 1.82) is 5.26 Å². The van der Waals surface area contributed by atoms with E-state index < -0.39 is 11.9 Å². The monoisotopic (exact) mass is 258 g/mol. The lowest BCUT2D eigenvalue weighted by molar-refractivity contribution is -0.141. The molecule has 1 heterocycles. The molecule has 7 heteroatoms. The summed E-state index contributed by atoms with van der Waals surface area (Å²) < 4.78 is 37.4. The minimum Gasteiger partial charge on any atom is -0.368 e. The second-order valence-corrected chi connectivity index (χ2v) is 3.48. The van der Waals surface area contributed by atoms with E-state index in [0.29, 0.717) is 13.1 Å². The van der Waals surface area contributed by atoms with Crippen LogP contribution in [-0.2, 0) is 6.18 Å². The number of likely N-dealkylation sites (N-methyl/N-ethyl adjacent to an activating group) is 1. The zero-order chi connectivity index (χ0) is 13.6. The van der Waals surface area contributed by atoms with Gasteiger partial charge in [-0.25, -0.2) is 4.98 Å². The zero-order valence-corrected chi connectivity index (χ0v) is 9.80. The van der Waals surface area contributed by atoms with E-state index in [-0.39, 0.29) is 11.4 Å². The Kier molecular flexibility index (Phi) is 4.92. The van der Waals surface area contributed by atoms with E-state index in [1.54, 1.807) is 6.07 Å². The van der Waals surface area contributed by atoms with Crippen LogP contribution in [0.4, 0.5) is 19.0 Å². The molecule has 0 aliphatic heterocycles. The van der Waals surface area contributed by atoms with Gasteiger partial charge in [-0.3, -0.25) is 0 Å². The van der Waals surface area contributed by atoms with Crippen molar-refractivity contribution in [1.82, 2.24) is 10.3 Å². The van der Waals surface area contributed by atoms with E-state index in [9.17, 15) is 13.2 Å². The number of hydrogen-bond acceptors (Lipinski definition) is 4. The predicted octanol–water partition coefficient (Wildman–Crippen LogP) is 1.99. The number of anilines is 1. The van der Waals surface area contributed by atoms with Gasteiger partial charge in [0.2, 0.25) is 0 Å². The number of hydrogen-bond donors (Lipinski definition) is 2. The van der Waals surface area contributed by atoms with Crippen molar-refractivity contribution in [2.24, 2.45) is 0 Å². The summed E-state index contributed by atoms with van der Waals surface area (Å²) in [6, 6.07) is 3.72. The lowest BCUT2D eigenvalue weighted by Crippen LogP contribution is -2.22. The van der Waals surface area contributed by atoms with Crippen LogP contribution >= 0.6 is 0 Å². The highest BCUT2D eigenvalue weighted by atomic mass is 19.4. The van der Waals surface area contributed by atoms with Gasteiger partial charge in [0.25, 0.3) is 0 Å². The fraction of sp³-hybridized carbons (Fsp3) is 0.455. The quantitative estimate of drug-likeness (QED) is 0.793. The lowest BCUT2D eigenvalue weighted by atomic mass is 10.2. The van der Waals surface area contributed by atoms with E-state index in [4.69, 9.17) is 5.26 Å². The standard InChI is InChI=1S/C11H13F3N4/c1-2-16-5-6-17-10-8(7-15)3-4-9(18-10)11(12,13)14/h3-4,16H,2,5-6H2,1H3,(H,17,18). The fourth-order valence-electron chi connectivity index (χ4n) is 1.29. The molecule has 0 radical (unpaired) electrons. The number of halogens is 3. The predicted molar refractivity (Wildman–Crippen MR) is 61.0 cm³/mol. The van der Waals surface area contributed by atoms with Crippen LogP contribution in [0, 0.1) is 11.3 Å². The first-order valence-electron chi connectivity index (χ1n) is 5.42. The maximum absolute atomic E-state index is 12.5. The van der Waals surface area contributed by atoms with Gasteiger partial charge in [-0.05, 0) is 18.7 Å². The summed E-state index contributed by atoms with van der Waals surface area (Å²) >= 11 is 0. The minimum atomic E-state index is -4.51. The van der Waals surface area contributed by atoms with E-state index in [1.807, 2.05) is 6.92 Å². The molecule has 0 aromatic carbocycles. The molecule has 0 amide bonds. The van der Waals surface area contributed by atoms with Crippen LogP contribution in [0.15, 0.2) is 12.1 Å². The van der Waals surface area contributed by atoms with Gasteiger partial charge in [-0.2, -0.15) is 18.4 Å². The Bertz CT molecular complexity index is 437. The zero-order valence-electron chi connectivity index (χ0n) is 9.80. The van der Waals surface area contributed by atoms with E-state index in [0.717, 1.165) is 18.7 Å². The molecule has 0 aliphatic rings. The molecule has 18 heavy (non-hydrogen) atoms. The molecule has 0 spiro atoms. The highest BCUT2D eigenvalue weighted by Gasteiger charge is 2.33. The van der Waals surface area contributed by atoms with E-state index in [2.05, 4.69) is 15.6 Å². The third kappa shape index (κ3) is 3.89. The Balaban J connectivity index is 2.83. The minimum absolute atomic E-state index is 0.0368. The normalized spacial score (nSPS) is 11.1. The first kappa shape index (κ1) is 14.3. The maximum atomic E-state index is 12.5. The Labute approximate surface area is 103 Å². The van der Waals surface area contributed by atoms with Gasteiger partial charge in [0.05, 0.1) is 5.56 Å². The molecule has 0 saturated carbocycles. The molecule has 0 fully saturated rings. The second kappa shape index (κ2) is 6.21. The summed E-state index contributed by atoms with van der Waals surface area (Å²) in [6.07, 6.45) is -4.51. The van der Waals surface area contributed by atoms with Crippen molar-refractivity contribution >= 4 is 5.82 Å². The molecule has 4 nitrogen and oxygen atoms in total. The highest BCUT2D eigenvalue weighted by Crippen LogP contribution is 2.29. The Morgan fingerprint density at radius 2 is 2.06 bits per heavy atom. The van der Waals surface area contributed by atoms with Crippen LogP contribution in [0.3, 0.4) is 0 Å². The summed E-state index contributed by atoms with van der Waals surface area (Å²) in [5.41, 5.74) is -0.910. The second-order valence-electron chi connectivity index (χ2n) is 3.48. The van der Waals surface area contributed by atoms with Crippen LogP contribution in [0.1, 0.15) is 18.2 Å². The number of pyridine rings is 1. The maximum Gasteiger partial charge on any atom is 0.433 e. The van der Waals surface area contributed by atoms with Crippen molar-refractivity contribution in [2.45, 2.75) is 13.1 Å². The van der Waals surface area contributed by atoms with Crippen molar-refractivity contribution in [3.05, 3.63) is 23.4 Å². The summed E-state index contributed by atoms with van der Waals surface area (Å²) in [6.45, 7) is 3.67. The largest absolute Gasteiger partial charge is 0.433 e. The third-order valence-electron chi connectivity index (χ3n) is 2.15. The van der Waals surface area contributed by atoms with Gasteiger partial charge in [-0.15, -0.1) is 0 Å². The first-order valence-corrected chi connectivity index (χ1v) is 5.42. The van der Waals surface area contributed by atoms with Gasteiger partial charge in [0, 0.05) is 13.1 Å². The number of alkyl halides is 3. The fourth-order valence-corrected chi connectivity index (χ4v) is 1.29. The molecule has 1 aromatic heterocycles. The van der Waals surface area contributed by atoms with Crippen LogP contribution in [0.2, 0.25) is 0 Å². The average molecular weight is 258 g/mol. The average Bonchev–Trinajstić information content (AvgIpc) is 2.33.